The first-order valence-electron chi connectivity index (χ1n) is 4.69. The fourth-order valence-electron chi connectivity index (χ4n) is 1.76. The summed E-state index contributed by atoms with van der Waals surface area (Å²) >= 11 is 5.68. The van der Waals surface area contributed by atoms with Gasteiger partial charge in [0, 0.05) is 6.04 Å². The summed E-state index contributed by atoms with van der Waals surface area (Å²) in [7, 11) is 0. The molecule has 4 nitrogen and oxygen atoms in total. The van der Waals surface area contributed by atoms with Crippen molar-refractivity contribution in [1.29, 1.82) is 0 Å². The van der Waals surface area contributed by atoms with E-state index >= 15 is 0 Å². The molecule has 2 aromatic rings. The van der Waals surface area contributed by atoms with Gasteiger partial charge in [-0.2, -0.15) is 4.98 Å². The fraction of sp³-hybridized carbons (Fsp3) is 0.444. The van der Waals surface area contributed by atoms with Crippen LogP contribution in [-0.4, -0.2) is 19.5 Å². The van der Waals surface area contributed by atoms with Gasteiger partial charge in [-0.3, -0.25) is 0 Å². The number of aromatic nitrogens is 4. The average Bonchev–Trinajstić information content (AvgIpc) is 2.45. The minimum absolute atomic E-state index is 0.261. The molecule has 0 unspecified atom stereocenters. The monoisotopic (exact) mass is 208 g/mol. The van der Waals surface area contributed by atoms with Gasteiger partial charge in [0.05, 0.1) is 12.5 Å². The maximum atomic E-state index is 5.68. The first-order chi connectivity index (χ1) is 6.84. The molecule has 5 heteroatoms. The lowest BCUT2D eigenvalue weighted by molar-refractivity contribution is 0.320. The molecule has 0 saturated heterocycles. The Labute approximate surface area is 85.9 Å². The lowest BCUT2D eigenvalue weighted by Gasteiger charge is -2.26. The zero-order chi connectivity index (χ0) is 9.54. The Hall–Kier alpha value is -1.16. The Kier molecular flexibility index (Phi) is 1.70. The molecule has 0 N–H and O–H groups in total. The van der Waals surface area contributed by atoms with Crippen molar-refractivity contribution in [1.82, 2.24) is 19.5 Å². The number of fused-ring (bicyclic) bond motifs is 1. The standard InChI is InChI=1S/C9H9ClN4/c10-9-11-4-7-8(13-9)12-5-14(7)6-2-1-3-6/h4-6H,1-3H2. The van der Waals surface area contributed by atoms with E-state index in [-0.39, 0.29) is 5.28 Å². The Bertz CT molecular complexity index is 475. The van der Waals surface area contributed by atoms with Gasteiger partial charge in [0.1, 0.15) is 5.52 Å². The SMILES string of the molecule is Clc1ncc2c(ncn2C2CCC2)n1. The highest BCUT2D eigenvalue weighted by atomic mass is 35.5. The molecular formula is C9H9ClN4. The fourth-order valence-corrected chi connectivity index (χ4v) is 1.89. The van der Waals surface area contributed by atoms with Gasteiger partial charge >= 0.3 is 0 Å². The molecule has 2 heterocycles. The van der Waals surface area contributed by atoms with Crippen LogP contribution in [-0.2, 0) is 0 Å². The molecule has 1 aliphatic carbocycles. The van der Waals surface area contributed by atoms with E-state index in [1.54, 1.807) is 6.20 Å². The van der Waals surface area contributed by atoms with E-state index in [2.05, 4.69) is 19.5 Å². The van der Waals surface area contributed by atoms with E-state index in [0.29, 0.717) is 11.7 Å². The van der Waals surface area contributed by atoms with Gasteiger partial charge in [-0.25, -0.2) is 9.97 Å². The van der Waals surface area contributed by atoms with Crippen LogP contribution in [0.25, 0.3) is 11.2 Å². The number of halogens is 1. The summed E-state index contributed by atoms with van der Waals surface area (Å²) in [6.45, 7) is 0. The smallest absolute Gasteiger partial charge is 0.224 e. The van der Waals surface area contributed by atoms with Gasteiger partial charge in [-0.15, -0.1) is 0 Å². The number of rotatable bonds is 1. The first kappa shape index (κ1) is 8.17. The van der Waals surface area contributed by atoms with Crippen molar-refractivity contribution >= 4 is 22.8 Å². The van der Waals surface area contributed by atoms with Crippen LogP contribution in [0.4, 0.5) is 0 Å². The van der Waals surface area contributed by atoms with Crippen LogP contribution in [0.1, 0.15) is 25.3 Å². The molecule has 2 aromatic heterocycles. The maximum Gasteiger partial charge on any atom is 0.224 e. The molecule has 1 aliphatic rings. The Morgan fingerprint density at radius 1 is 1.36 bits per heavy atom. The molecule has 1 saturated carbocycles. The third kappa shape index (κ3) is 1.10. The Morgan fingerprint density at radius 2 is 2.21 bits per heavy atom. The second-order valence-electron chi connectivity index (χ2n) is 3.58. The molecule has 0 spiro atoms. The van der Waals surface area contributed by atoms with Crippen LogP contribution < -0.4 is 0 Å². The summed E-state index contributed by atoms with van der Waals surface area (Å²) in [6, 6.07) is 0.588. The summed E-state index contributed by atoms with van der Waals surface area (Å²) in [5.41, 5.74) is 1.68. The summed E-state index contributed by atoms with van der Waals surface area (Å²) in [5.74, 6) is 0. The van der Waals surface area contributed by atoms with Crippen LogP contribution in [0.5, 0.6) is 0 Å². The molecule has 0 bridgehead atoms. The minimum Gasteiger partial charge on any atom is -0.325 e. The number of imidazole rings is 1. The topological polar surface area (TPSA) is 43.6 Å². The summed E-state index contributed by atoms with van der Waals surface area (Å²) in [4.78, 5) is 12.2. The molecule has 0 amide bonds. The van der Waals surface area contributed by atoms with Gasteiger partial charge in [0.15, 0.2) is 5.65 Å². The number of nitrogens with zero attached hydrogens (tertiary/aromatic N) is 4. The molecule has 0 aliphatic heterocycles. The zero-order valence-electron chi connectivity index (χ0n) is 7.52. The maximum absolute atomic E-state index is 5.68. The van der Waals surface area contributed by atoms with E-state index in [1.807, 2.05) is 6.33 Å². The lowest BCUT2D eigenvalue weighted by atomic mass is 9.93. The van der Waals surface area contributed by atoms with Crippen LogP contribution in [0.3, 0.4) is 0 Å². The van der Waals surface area contributed by atoms with Gasteiger partial charge in [-0.05, 0) is 30.9 Å². The van der Waals surface area contributed by atoms with Crippen LogP contribution in [0, 0.1) is 0 Å². The third-order valence-electron chi connectivity index (χ3n) is 2.77. The molecule has 14 heavy (non-hydrogen) atoms. The highest BCUT2D eigenvalue weighted by molar-refractivity contribution is 6.28. The lowest BCUT2D eigenvalue weighted by Crippen LogP contribution is -2.15. The highest BCUT2D eigenvalue weighted by Crippen LogP contribution is 2.33. The average molecular weight is 209 g/mol. The number of hydrogen-bond acceptors (Lipinski definition) is 3. The predicted molar refractivity (Wildman–Crippen MR) is 53.2 cm³/mol. The van der Waals surface area contributed by atoms with E-state index in [4.69, 9.17) is 11.6 Å². The van der Waals surface area contributed by atoms with Crippen molar-refractivity contribution < 1.29 is 0 Å². The van der Waals surface area contributed by atoms with Crippen molar-refractivity contribution in [2.24, 2.45) is 0 Å². The molecule has 3 rings (SSSR count). The van der Waals surface area contributed by atoms with Crippen molar-refractivity contribution in [2.75, 3.05) is 0 Å². The van der Waals surface area contributed by atoms with Crippen molar-refractivity contribution in [3.05, 3.63) is 17.8 Å². The van der Waals surface area contributed by atoms with Gasteiger partial charge in [0.25, 0.3) is 0 Å². The van der Waals surface area contributed by atoms with Crippen molar-refractivity contribution in [2.45, 2.75) is 25.3 Å². The second kappa shape index (κ2) is 2.92. The quantitative estimate of drug-likeness (QED) is 0.675. The molecule has 0 atom stereocenters. The van der Waals surface area contributed by atoms with E-state index < -0.39 is 0 Å². The molecule has 1 fully saturated rings. The van der Waals surface area contributed by atoms with Crippen LogP contribution >= 0.6 is 11.6 Å². The van der Waals surface area contributed by atoms with E-state index in [9.17, 15) is 0 Å². The van der Waals surface area contributed by atoms with Crippen LogP contribution in [0.2, 0.25) is 5.28 Å². The molecular weight excluding hydrogens is 200 g/mol. The van der Waals surface area contributed by atoms with Crippen molar-refractivity contribution in [3.8, 4) is 0 Å². The Morgan fingerprint density at radius 3 is 2.93 bits per heavy atom. The first-order valence-corrected chi connectivity index (χ1v) is 5.07. The molecule has 0 aromatic carbocycles. The summed E-state index contributed by atoms with van der Waals surface area (Å²) in [6.07, 6.45) is 7.34. The number of hydrogen-bond donors (Lipinski definition) is 0. The normalized spacial score (nSPS) is 17.2. The zero-order valence-corrected chi connectivity index (χ0v) is 8.28. The second-order valence-corrected chi connectivity index (χ2v) is 3.92. The van der Waals surface area contributed by atoms with Gasteiger partial charge in [0.2, 0.25) is 5.28 Å². The van der Waals surface area contributed by atoms with Crippen LogP contribution in [0.15, 0.2) is 12.5 Å². The molecule has 72 valence electrons. The van der Waals surface area contributed by atoms with Gasteiger partial charge in [-0.1, -0.05) is 0 Å². The predicted octanol–water partition coefficient (Wildman–Crippen LogP) is 2.20. The Balaban J connectivity index is 2.16. The minimum atomic E-state index is 0.261. The van der Waals surface area contributed by atoms with E-state index in [0.717, 1.165) is 5.52 Å². The highest BCUT2D eigenvalue weighted by Gasteiger charge is 2.21. The van der Waals surface area contributed by atoms with E-state index in [1.165, 1.54) is 19.3 Å². The summed E-state index contributed by atoms with van der Waals surface area (Å²) < 4.78 is 2.15. The third-order valence-corrected chi connectivity index (χ3v) is 2.95. The van der Waals surface area contributed by atoms with Gasteiger partial charge < -0.3 is 4.57 Å². The van der Waals surface area contributed by atoms with Crippen molar-refractivity contribution in [3.63, 3.8) is 0 Å². The largest absolute Gasteiger partial charge is 0.325 e. The summed E-state index contributed by atoms with van der Waals surface area (Å²) in [5, 5.41) is 0.261. The molecule has 0 radical (unpaired) electrons.